The first-order valence-corrected chi connectivity index (χ1v) is 5.68. The number of methoxy groups -OCH3 is 2. The lowest BCUT2D eigenvalue weighted by Crippen LogP contribution is -2.05. The summed E-state index contributed by atoms with van der Waals surface area (Å²) in [6, 6.07) is 5.13. The van der Waals surface area contributed by atoms with Crippen LogP contribution < -0.4 is 4.74 Å². The van der Waals surface area contributed by atoms with E-state index in [4.69, 9.17) is 16.3 Å². The molecule has 0 atom stereocenters. The van der Waals surface area contributed by atoms with E-state index in [2.05, 4.69) is 9.72 Å². The van der Waals surface area contributed by atoms with Crippen LogP contribution in [-0.4, -0.2) is 25.2 Å². The quantitative estimate of drug-likeness (QED) is 0.783. The predicted octanol–water partition coefficient (Wildman–Crippen LogP) is 2.99. The number of carbonyl (C=O) groups is 1. The highest BCUT2D eigenvalue weighted by atomic mass is 35.5. The number of hydrogen-bond acceptors (Lipinski definition) is 4. The van der Waals surface area contributed by atoms with Gasteiger partial charge < -0.3 is 9.47 Å². The molecule has 18 heavy (non-hydrogen) atoms. The van der Waals surface area contributed by atoms with Crippen LogP contribution in [0.3, 0.4) is 0 Å². The van der Waals surface area contributed by atoms with Crippen molar-refractivity contribution >= 4 is 28.5 Å². The van der Waals surface area contributed by atoms with E-state index in [1.807, 2.05) is 13.0 Å². The fourth-order valence-corrected chi connectivity index (χ4v) is 2.00. The summed E-state index contributed by atoms with van der Waals surface area (Å²) >= 11 is 6.16. The molecule has 2 rings (SSSR count). The lowest BCUT2D eigenvalue weighted by atomic mass is 10.1. The molecule has 0 unspecified atom stereocenters. The molecule has 0 radical (unpaired) electrons. The van der Waals surface area contributed by atoms with E-state index in [1.165, 1.54) is 13.2 Å². The van der Waals surface area contributed by atoms with Gasteiger partial charge in [0.05, 0.1) is 24.8 Å². The summed E-state index contributed by atoms with van der Waals surface area (Å²) in [5, 5.41) is 1.20. The average molecular weight is 266 g/mol. The summed E-state index contributed by atoms with van der Waals surface area (Å²) < 4.78 is 9.82. The lowest BCUT2D eigenvalue weighted by molar-refractivity contribution is 0.0594. The van der Waals surface area contributed by atoms with Crippen molar-refractivity contribution in [2.75, 3.05) is 14.2 Å². The molecule has 1 aromatic carbocycles. The number of aryl methyl sites for hydroxylation is 1. The Labute approximate surface area is 109 Å². The Morgan fingerprint density at radius 2 is 2.00 bits per heavy atom. The highest BCUT2D eigenvalue weighted by Gasteiger charge is 2.13. The smallest absolute Gasteiger partial charge is 0.356 e. The minimum atomic E-state index is -0.506. The van der Waals surface area contributed by atoms with Gasteiger partial charge in [0.15, 0.2) is 5.69 Å². The zero-order chi connectivity index (χ0) is 13.3. The van der Waals surface area contributed by atoms with Crippen LogP contribution in [0.4, 0.5) is 0 Å². The lowest BCUT2D eigenvalue weighted by Gasteiger charge is -2.08. The molecule has 0 bridgehead atoms. The molecule has 94 valence electrons. The highest BCUT2D eigenvalue weighted by Crippen LogP contribution is 2.29. The summed E-state index contributed by atoms with van der Waals surface area (Å²) in [5.74, 6) is 0.198. The largest absolute Gasteiger partial charge is 0.497 e. The maximum Gasteiger partial charge on any atom is 0.356 e. The van der Waals surface area contributed by atoms with Gasteiger partial charge in [0.1, 0.15) is 5.75 Å². The van der Waals surface area contributed by atoms with E-state index in [0.717, 1.165) is 10.9 Å². The molecular weight excluding hydrogens is 254 g/mol. The zero-order valence-electron chi connectivity index (χ0n) is 10.3. The monoisotopic (exact) mass is 265 g/mol. The minimum absolute atomic E-state index is 0.197. The second kappa shape index (κ2) is 4.82. The molecule has 0 N–H and O–H groups in total. The van der Waals surface area contributed by atoms with E-state index in [-0.39, 0.29) is 5.69 Å². The fourth-order valence-electron chi connectivity index (χ4n) is 1.75. The number of carbonyl (C=O) groups excluding carboxylic acids is 1. The molecule has 0 saturated carbocycles. The van der Waals surface area contributed by atoms with E-state index in [9.17, 15) is 4.79 Å². The molecule has 5 heteroatoms. The molecule has 2 aromatic rings. The Bertz CT molecular complexity index is 625. The molecule has 1 heterocycles. The third-order valence-corrected chi connectivity index (χ3v) is 2.97. The summed E-state index contributed by atoms with van der Waals surface area (Å²) in [5.41, 5.74) is 1.75. The Kier molecular flexibility index (Phi) is 3.39. The second-order valence-electron chi connectivity index (χ2n) is 3.82. The fraction of sp³-hybridized carbons (Fsp3) is 0.231. The number of halogens is 1. The zero-order valence-corrected chi connectivity index (χ0v) is 11.0. The number of nitrogens with zero attached hydrogens (tertiary/aromatic N) is 1. The molecule has 0 saturated heterocycles. The molecule has 0 aliphatic carbocycles. The number of ether oxygens (including phenoxy) is 2. The number of esters is 1. The average Bonchev–Trinajstić information content (AvgIpc) is 2.38. The van der Waals surface area contributed by atoms with Gasteiger partial charge in [-0.05, 0) is 30.7 Å². The van der Waals surface area contributed by atoms with Crippen LogP contribution in [-0.2, 0) is 4.74 Å². The molecule has 4 nitrogen and oxygen atoms in total. The first kappa shape index (κ1) is 12.6. The standard InChI is InChI=1S/C13H12ClNO3/c1-7-4-8(17-2)5-9-10(14)6-11(13(16)18-3)15-12(7)9/h4-6H,1-3H3. The number of aromatic nitrogens is 1. The Balaban J connectivity index is 2.73. The summed E-state index contributed by atoms with van der Waals surface area (Å²) in [4.78, 5) is 15.7. The van der Waals surface area contributed by atoms with Gasteiger partial charge in [0.25, 0.3) is 0 Å². The van der Waals surface area contributed by atoms with E-state index in [0.29, 0.717) is 16.3 Å². The maximum absolute atomic E-state index is 11.5. The van der Waals surface area contributed by atoms with Crippen LogP contribution in [0.1, 0.15) is 16.1 Å². The molecule has 0 amide bonds. The van der Waals surface area contributed by atoms with Gasteiger partial charge in [-0.15, -0.1) is 0 Å². The summed E-state index contributed by atoms with van der Waals surface area (Å²) in [6.45, 7) is 1.88. The van der Waals surface area contributed by atoms with Crippen molar-refractivity contribution in [1.82, 2.24) is 4.98 Å². The Hall–Kier alpha value is -1.81. The number of rotatable bonds is 2. The van der Waals surface area contributed by atoms with Crippen molar-refractivity contribution in [2.24, 2.45) is 0 Å². The maximum atomic E-state index is 11.5. The van der Waals surface area contributed by atoms with Crippen LogP contribution >= 0.6 is 11.6 Å². The van der Waals surface area contributed by atoms with Crippen molar-refractivity contribution in [3.63, 3.8) is 0 Å². The SMILES string of the molecule is COC(=O)c1cc(Cl)c2cc(OC)cc(C)c2n1. The summed E-state index contributed by atoms with van der Waals surface area (Å²) in [7, 11) is 2.90. The van der Waals surface area contributed by atoms with E-state index < -0.39 is 5.97 Å². The van der Waals surface area contributed by atoms with Gasteiger partial charge in [-0.1, -0.05) is 11.6 Å². The number of fused-ring (bicyclic) bond motifs is 1. The number of pyridine rings is 1. The minimum Gasteiger partial charge on any atom is -0.497 e. The van der Waals surface area contributed by atoms with Gasteiger partial charge in [0, 0.05) is 5.39 Å². The van der Waals surface area contributed by atoms with Crippen LogP contribution in [0.5, 0.6) is 5.75 Å². The van der Waals surface area contributed by atoms with Gasteiger partial charge >= 0.3 is 5.97 Å². The van der Waals surface area contributed by atoms with Crippen LogP contribution in [0.15, 0.2) is 18.2 Å². The van der Waals surface area contributed by atoms with Crippen molar-refractivity contribution in [1.29, 1.82) is 0 Å². The predicted molar refractivity (Wildman–Crippen MR) is 69.4 cm³/mol. The number of hydrogen-bond donors (Lipinski definition) is 0. The normalized spacial score (nSPS) is 10.4. The third kappa shape index (κ3) is 2.11. The van der Waals surface area contributed by atoms with E-state index >= 15 is 0 Å². The molecule has 1 aromatic heterocycles. The van der Waals surface area contributed by atoms with Gasteiger partial charge in [0.2, 0.25) is 0 Å². The highest BCUT2D eigenvalue weighted by molar-refractivity contribution is 6.35. The first-order chi connectivity index (χ1) is 8.56. The second-order valence-corrected chi connectivity index (χ2v) is 4.23. The third-order valence-electron chi connectivity index (χ3n) is 2.66. The van der Waals surface area contributed by atoms with Crippen molar-refractivity contribution in [2.45, 2.75) is 6.92 Å². The number of benzene rings is 1. The molecule has 0 aliphatic heterocycles. The molecule has 0 aliphatic rings. The Morgan fingerprint density at radius 3 is 2.61 bits per heavy atom. The van der Waals surface area contributed by atoms with Crippen molar-refractivity contribution in [3.05, 3.63) is 34.5 Å². The topological polar surface area (TPSA) is 48.4 Å². The molecular formula is C13H12ClNO3. The van der Waals surface area contributed by atoms with Gasteiger partial charge in [-0.25, -0.2) is 9.78 Å². The summed E-state index contributed by atoms with van der Waals surface area (Å²) in [6.07, 6.45) is 0. The van der Waals surface area contributed by atoms with Crippen LogP contribution in [0.25, 0.3) is 10.9 Å². The van der Waals surface area contributed by atoms with Crippen molar-refractivity contribution in [3.8, 4) is 5.75 Å². The van der Waals surface area contributed by atoms with E-state index in [1.54, 1.807) is 13.2 Å². The molecule has 0 spiro atoms. The van der Waals surface area contributed by atoms with Crippen molar-refractivity contribution < 1.29 is 14.3 Å². The molecule has 0 fully saturated rings. The Morgan fingerprint density at radius 1 is 1.28 bits per heavy atom. The van der Waals surface area contributed by atoms with Gasteiger partial charge in [-0.3, -0.25) is 0 Å². The van der Waals surface area contributed by atoms with Crippen LogP contribution in [0.2, 0.25) is 5.02 Å². The van der Waals surface area contributed by atoms with Crippen LogP contribution in [0, 0.1) is 6.92 Å². The van der Waals surface area contributed by atoms with Gasteiger partial charge in [-0.2, -0.15) is 0 Å². The first-order valence-electron chi connectivity index (χ1n) is 5.30.